The molecule has 5 rings (SSSR count). The molecule has 0 bridgehead atoms. The Morgan fingerprint density at radius 2 is 1.28 bits per heavy atom. The number of benzene rings is 4. The normalized spacial score (nSPS) is 12.8. The van der Waals surface area contributed by atoms with Gasteiger partial charge in [0.1, 0.15) is 5.75 Å². The largest absolute Gasteiger partial charge is 0.508 e. The van der Waals surface area contributed by atoms with Gasteiger partial charge in [-0.1, -0.05) is 90.5 Å². The molecule has 0 fully saturated rings. The molecule has 32 heavy (non-hydrogen) atoms. The first-order chi connectivity index (χ1) is 15.7. The number of phenols is 1. The van der Waals surface area contributed by atoms with Gasteiger partial charge < -0.3 is 5.11 Å². The van der Waals surface area contributed by atoms with Crippen LogP contribution in [0, 0.1) is 6.92 Å². The van der Waals surface area contributed by atoms with E-state index in [1.165, 1.54) is 50.1 Å². The molecule has 0 saturated carbocycles. The minimum atomic E-state index is 0.320. The standard InChI is InChI=1S/C31H28O/c1-22-9-13-24(14-10-22)25-15-11-23(12-16-25)5-4-8-30-29-7-3-2-6-27(29)21-31(30)26-17-19-28(32)20-18-26/h2-3,6-7,9-20,32H,4-5,8,21H2,1H3. The van der Waals surface area contributed by atoms with Crippen LogP contribution in [0.3, 0.4) is 0 Å². The topological polar surface area (TPSA) is 20.2 Å². The van der Waals surface area contributed by atoms with Crippen molar-refractivity contribution >= 4 is 11.1 Å². The SMILES string of the molecule is Cc1ccc(-c2ccc(CCCC3=C(c4ccc(O)cc4)Cc4ccccc43)cc2)cc1. The second-order valence-corrected chi connectivity index (χ2v) is 8.75. The summed E-state index contributed by atoms with van der Waals surface area (Å²) in [5.74, 6) is 0.320. The molecule has 1 nitrogen and oxygen atoms in total. The number of hydrogen-bond donors (Lipinski definition) is 1. The Hall–Kier alpha value is -3.58. The number of rotatable bonds is 6. The van der Waals surface area contributed by atoms with Crippen LogP contribution in [0.2, 0.25) is 0 Å². The van der Waals surface area contributed by atoms with Crippen molar-refractivity contribution in [2.45, 2.75) is 32.6 Å². The number of aryl methyl sites for hydroxylation is 2. The maximum absolute atomic E-state index is 9.69. The smallest absolute Gasteiger partial charge is 0.115 e. The molecule has 0 unspecified atom stereocenters. The first kappa shape index (κ1) is 20.3. The molecular weight excluding hydrogens is 388 g/mol. The average Bonchev–Trinajstić information content (AvgIpc) is 3.19. The summed E-state index contributed by atoms with van der Waals surface area (Å²) in [7, 11) is 0. The maximum Gasteiger partial charge on any atom is 0.115 e. The van der Waals surface area contributed by atoms with Gasteiger partial charge in [-0.2, -0.15) is 0 Å². The minimum absolute atomic E-state index is 0.320. The van der Waals surface area contributed by atoms with Gasteiger partial charge in [0.25, 0.3) is 0 Å². The fraction of sp³-hybridized carbons (Fsp3) is 0.161. The van der Waals surface area contributed by atoms with E-state index in [9.17, 15) is 5.11 Å². The lowest BCUT2D eigenvalue weighted by Gasteiger charge is -2.10. The first-order valence-corrected chi connectivity index (χ1v) is 11.4. The van der Waals surface area contributed by atoms with Crippen LogP contribution in [0.15, 0.2) is 97.1 Å². The van der Waals surface area contributed by atoms with Gasteiger partial charge in [-0.25, -0.2) is 0 Å². The fourth-order valence-electron chi connectivity index (χ4n) is 4.73. The molecule has 1 aliphatic rings. The van der Waals surface area contributed by atoms with E-state index in [2.05, 4.69) is 79.7 Å². The van der Waals surface area contributed by atoms with E-state index in [4.69, 9.17) is 0 Å². The predicted octanol–water partition coefficient (Wildman–Crippen LogP) is 7.86. The Kier molecular flexibility index (Phi) is 5.64. The maximum atomic E-state index is 9.69. The molecule has 1 heteroatoms. The third-order valence-electron chi connectivity index (χ3n) is 6.52. The van der Waals surface area contributed by atoms with E-state index < -0.39 is 0 Å². The Balaban J connectivity index is 1.31. The van der Waals surface area contributed by atoms with Crippen LogP contribution in [-0.4, -0.2) is 5.11 Å². The van der Waals surface area contributed by atoms with E-state index in [0.29, 0.717) is 5.75 Å². The van der Waals surface area contributed by atoms with Crippen molar-refractivity contribution in [2.75, 3.05) is 0 Å². The first-order valence-electron chi connectivity index (χ1n) is 11.4. The van der Waals surface area contributed by atoms with Crippen LogP contribution in [0.25, 0.3) is 22.3 Å². The lowest BCUT2D eigenvalue weighted by molar-refractivity contribution is 0.475. The Morgan fingerprint density at radius 3 is 2.00 bits per heavy atom. The third kappa shape index (κ3) is 4.24. The molecule has 158 valence electrons. The Morgan fingerprint density at radius 1 is 0.656 bits per heavy atom. The Bertz CT molecular complexity index is 1240. The van der Waals surface area contributed by atoms with Gasteiger partial charge in [0.2, 0.25) is 0 Å². The number of aromatic hydroxyl groups is 1. The van der Waals surface area contributed by atoms with Gasteiger partial charge in [0.05, 0.1) is 0 Å². The van der Waals surface area contributed by atoms with Crippen LogP contribution in [-0.2, 0) is 12.8 Å². The van der Waals surface area contributed by atoms with Crippen LogP contribution < -0.4 is 0 Å². The van der Waals surface area contributed by atoms with E-state index >= 15 is 0 Å². The molecular formula is C31H28O. The monoisotopic (exact) mass is 416 g/mol. The summed E-state index contributed by atoms with van der Waals surface area (Å²) in [4.78, 5) is 0. The lowest BCUT2D eigenvalue weighted by Crippen LogP contribution is -1.91. The van der Waals surface area contributed by atoms with Crippen LogP contribution in [0.5, 0.6) is 5.75 Å². The number of fused-ring (bicyclic) bond motifs is 1. The molecule has 0 aliphatic heterocycles. The zero-order valence-corrected chi connectivity index (χ0v) is 18.5. The number of allylic oxidation sites excluding steroid dienone is 2. The lowest BCUT2D eigenvalue weighted by atomic mass is 9.94. The average molecular weight is 417 g/mol. The van der Waals surface area contributed by atoms with E-state index in [1.54, 1.807) is 12.1 Å². The molecule has 4 aromatic carbocycles. The van der Waals surface area contributed by atoms with E-state index in [1.807, 2.05) is 12.1 Å². The minimum Gasteiger partial charge on any atom is -0.508 e. The molecule has 1 N–H and O–H groups in total. The highest BCUT2D eigenvalue weighted by molar-refractivity contribution is 5.97. The molecule has 0 heterocycles. The molecule has 0 atom stereocenters. The molecule has 1 aliphatic carbocycles. The van der Waals surface area contributed by atoms with Gasteiger partial charge in [-0.15, -0.1) is 0 Å². The van der Waals surface area contributed by atoms with Gasteiger partial charge >= 0.3 is 0 Å². The number of hydrogen-bond acceptors (Lipinski definition) is 1. The second-order valence-electron chi connectivity index (χ2n) is 8.75. The summed E-state index contributed by atoms with van der Waals surface area (Å²) in [5.41, 5.74) is 12.1. The quantitative estimate of drug-likeness (QED) is 0.339. The highest BCUT2D eigenvalue weighted by Gasteiger charge is 2.21. The van der Waals surface area contributed by atoms with Crippen LogP contribution in [0.4, 0.5) is 0 Å². The van der Waals surface area contributed by atoms with Crippen molar-refractivity contribution in [3.63, 3.8) is 0 Å². The number of phenolic OH excluding ortho intramolecular Hbond substituents is 1. The van der Waals surface area contributed by atoms with Crippen molar-refractivity contribution in [1.29, 1.82) is 0 Å². The summed E-state index contributed by atoms with van der Waals surface area (Å²) in [6.45, 7) is 2.12. The molecule has 4 aromatic rings. The molecule has 0 radical (unpaired) electrons. The predicted molar refractivity (Wildman–Crippen MR) is 135 cm³/mol. The van der Waals surface area contributed by atoms with Crippen molar-refractivity contribution in [3.05, 3.63) is 125 Å². The summed E-state index contributed by atoms with van der Waals surface area (Å²) in [6, 6.07) is 34.2. The van der Waals surface area contributed by atoms with Crippen molar-refractivity contribution in [2.24, 2.45) is 0 Å². The fourth-order valence-corrected chi connectivity index (χ4v) is 4.73. The van der Waals surface area contributed by atoms with Gasteiger partial charge in [-0.05, 0) is 89.3 Å². The molecule has 0 amide bonds. The van der Waals surface area contributed by atoms with Crippen molar-refractivity contribution < 1.29 is 5.11 Å². The zero-order valence-electron chi connectivity index (χ0n) is 18.5. The summed E-state index contributed by atoms with van der Waals surface area (Å²) < 4.78 is 0. The Labute approximate surface area is 190 Å². The van der Waals surface area contributed by atoms with Gasteiger partial charge in [0.15, 0.2) is 0 Å². The molecule has 0 spiro atoms. The highest BCUT2D eigenvalue weighted by atomic mass is 16.3. The second kappa shape index (κ2) is 8.88. The van der Waals surface area contributed by atoms with E-state index in [0.717, 1.165) is 25.7 Å². The third-order valence-corrected chi connectivity index (χ3v) is 6.52. The van der Waals surface area contributed by atoms with Gasteiger partial charge in [-0.3, -0.25) is 0 Å². The zero-order chi connectivity index (χ0) is 21.9. The van der Waals surface area contributed by atoms with Crippen molar-refractivity contribution in [3.8, 4) is 16.9 Å². The molecule has 0 aromatic heterocycles. The molecule has 0 saturated heterocycles. The summed E-state index contributed by atoms with van der Waals surface area (Å²) in [5, 5.41) is 9.69. The highest BCUT2D eigenvalue weighted by Crippen LogP contribution is 2.41. The van der Waals surface area contributed by atoms with Gasteiger partial charge in [0, 0.05) is 0 Å². The van der Waals surface area contributed by atoms with Crippen molar-refractivity contribution in [1.82, 2.24) is 0 Å². The summed E-state index contributed by atoms with van der Waals surface area (Å²) >= 11 is 0. The van der Waals surface area contributed by atoms with E-state index in [-0.39, 0.29) is 0 Å². The van der Waals surface area contributed by atoms with Crippen LogP contribution >= 0.6 is 0 Å². The van der Waals surface area contributed by atoms with Crippen LogP contribution in [0.1, 0.15) is 40.7 Å². The summed E-state index contributed by atoms with van der Waals surface area (Å²) in [6.07, 6.45) is 4.23.